The molecule has 4 heteroatoms. The van der Waals surface area contributed by atoms with E-state index < -0.39 is 11.6 Å². The van der Waals surface area contributed by atoms with E-state index in [0.29, 0.717) is 18.4 Å². The molecule has 0 amide bonds. The highest BCUT2D eigenvalue weighted by Gasteiger charge is 2.36. The lowest BCUT2D eigenvalue weighted by atomic mass is 9.95. The number of nitrogens with zero attached hydrogens (tertiary/aromatic N) is 1. The summed E-state index contributed by atoms with van der Waals surface area (Å²) < 4.78 is 4.58. The number of hydrogen-bond donors (Lipinski definition) is 1. The lowest BCUT2D eigenvalue weighted by Crippen LogP contribution is -2.46. The van der Waals surface area contributed by atoms with Gasteiger partial charge in [-0.2, -0.15) is 0 Å². The van der Waals surface area contributed by atoms with Gasteiger partial charge in [-0.25, -0.2) is 4.79 Å². The van der Waals surface area contributed by atoms with Gasteiger partial charge < -0.3 is 9.84 Å². The van der Waals surface area contributed by atoms with Crippen molar-refractivity contribution in [1.29, 1.82) is 0 Å². The molecule has 0 aromatic carbocycles. The number of carbonyl (C=O) groups excluding carboxylic acids is 1. The molecule has 0 aromatic rings. The van der Waals surface area contributed by atoms with Crippen molar-refractivity contribution in [3.63, 3.8) is 0 Å². The molecule has 1 fully saturated rings. The Hall–Kier alpha value is -0.610. The second-order valence-electron chi connectivity index (χ2n) is 5.29. The summed E-state index contributed by atoms with van der Waals surface area (Å²) in [6.07, 6.45) is 1.15. The molecule has 1 heterocycles. The minimum atomic E-state index is -1.39. The van der Waals surface area contributed by atoms with E-state index in [9.17, 15) is 9.90 Å². The Morgan fingerprint density at radius 1 is 1.62 bits per heavy atom. The second kappa shape index (κ2) is 5.15. The van der Waals surface area contributed by atoms with Crippen molar-refractivity contribution >= 4 is 5.97 Å². The molecule has 1 aliphatic rings. The molecular weight excluding hydrogens is 206 g/mol. The van der Waals surface area contributed by atoms with Gasteiger partial charge in [0.15, 0.2) is 5.60 Å². The van der Waals surface area contributed by atoms with E-state index >= 15 is 0 Å². The summed E-state index contributed by atoms with van der Waals surface area (Å²) in [5.74, 6) is 0.780. The highest BCUT2D eigenvalue weighted by molar-refractivity contribution is 5.78. The van der Waals surface area contributed by atoms with E-state index in [1.165, 1.54) is 14.0 Å². The third-order valence-electron chi connectivity index (χ3n) is 3.41. The zero-order valence-electron chi connectivity index (χ0n) is 10.7. The molecule has 0 aromatic heterocycles. The fourth-order valence-corrected chi connectivity index (χ4v) is 2.27. The summed E-state index contributed by atoms with van der Waals surface area (Å²) in [6, 6.07) is 0. The summed E-state index contributed by atoms with van der Waals surface area (Å²) in [5, 5.41) is 9.95. The van der Waals surface area contributed by atoms with Gasteiger partial charge in [0.05, 0.1) is 7.11 Å². The number of β-amino-alcohol motifs (C(OH)–C–C–N with tert-alkyl or cyclic N) is 1. The Labute approximate surface area is 97.6 Å². The van der Waals surface area contributed by atoms with Crippen LogP contribution in [-0.2, 0) is 9.53 Å². The van der Waals surface area contributed by atoms with Crippen LogP contribution in [0.2, 0.25) is 0 Å². The lowest BCUT2D eigenvalue weighted by molar-refractivity contribution is -0.162. The van der Waals surface area contributed by atoms with Gasteiger partial charge in [-0.1, -0.05) is 13.8 Å². The molecule has 1 saturated heterocycles. The summed E-state index contributed by atoms with van der Waals surface area (Å²) in [5.41, 5.74) is -1.39. The number of hydrogen-bond acceptors (Lipinski definition) is 4. The molecule has 1 aliphatic heterocycles. The highest BCUT2D eigenvalue weighted by Crippen LogP contribution is 2.25. The number of likely N-dealkylation sites (tertiary alicyclic amines) is 1. The van der Waals surface area contributed by atoms with Crippen molar-refractivity contribution in [2.75, 3.05) is 26.7 Å². The zero-order valence-corrected chi connectivity index (χ0v) is 10.7. The average Bonchev–Trinajstić information content (AvgIpc) is 2.64. The van der Waals surface area contributed by atoms with Crippen LogP contribution in [0, 0.1) is 11.8 Å². The number of aliphatic hydroxyl groups is 1. The smallest absolute Gasteiger partial charge is 0.338 e. The monoisotopic (exact) mass is 229 g/mol. The fourth-order valence-electron chi connectivity index (χ4n) is 2.27. The van der Waals surface area contributed by atoms with Gasteiger partial charge in [-0.05, 0) is 31.7 Å². The number of rotatable bonds is 4. The Kier molecular flexibility index (Phi) is 4.33. The molecule has 1 N–H and O–H groups in total. The molecule has 0 spiro atoms. The molecule has 0 radical (unpaired) electrons. The first-order valence-corrected chi connectivity index (χ1v) is 5.90. The fraction of sp³-hybridized carbons (Fsp3) is 0.917. The largest absolute Gasteiger partial charge is 0.467 e. The second-order valence-corrected chi connectivity index (χ2v) is 5.29. The number of ether oxygens (including phenoxy) is 1. The topological polar surface area (TPSA) is 49.8 Å². The van der Waals surface area contributed by atoms with Crippen LogP contribution in [0.5, 0.6) is 0 Å². The minimum Gasteiger partial charge on any atom is -0.467 e. The molecule has 2 atom stereocenters. The van der Waals surface area contributed by atoms with Crippen molar-refractivity contribution in [3.8, 4) is 0 Å². The van der Waals surface area contributed by atoms with Crippen molar-refractivity contribution in [3.05, 3.63) is 0 Å². The summed E-state index contributed by atoms with van der Waals surface area (Å²) >= 11 is 0. The maximum atomic E-state index is 11.3. The molecule has 1 rings (SSSR count). The van der Waals surface area contributed by atoms with Crippen molar-refractivity contribution < 1.29 is 14.6 Å². The average molecular weight is 229 g/mol. The van der Waals surface area contributed by atoms with Gasteiger partial charge in [0.25, 0.3) is 0 Å². The standard InChI is InChI=1S/C12H23NO3/c1-9(2)10-5-6-13(7-10)8-12(3,15)11(14)16-4/h9-10,15H,5-8H2,1-4H3. The molecule has 94 valence electrons. The normalized spacial score (nSPS) is 25.8. The molecule has 4 nitrogen and oxygen atoms in total. The maximum Gasteiger partial charge on any atom is 0.338 e. The molecule has 0 saturated carbocycles. The van der Waals surface area contributed by atoms with Crippen molar-refractivity contribution in [1.82, 2.24) is 4.90 Å². The van der Waals surface area contributed by atoms with Gasteiger partial charge in [0.1, 0.15) is 0 Å². The van der Waals surface area contributed by atoms with Crippen molar-refractivity contribution in [2.45, 2.75) is 32.8 Å². The zero-order chi connectivity index (χ0) is 12.3. The van der Waals surface area contributed by atoms with Gasteiger partial charge in [0.2, 0.25) is 0 Å². The molecular formula is C12H23NO3. The summed E-state index contributed by atoms with van der Waals surface area (Å²) in [4.78, 5) is 13.5. The lowest BCUT2D eigenvalue weighted by Gasteiger charge is -2.26. The highest BCUT2D eigenvalue weighted by atomic mass is 16.5. The van der Waals surface area contributed by atoms with E-state index in [1.807, 2.05) is 0 Å². The molecule has 0 bridgehead atoms. The summed E-state index contributed by atoms with van der Waals surface area (Å²) in [7, 11) is 1.30. The van der Waals surface area contributed by atoms with Crippen LogP contribution in [0.15, 0.2) is 0 Å². The predicted molar refractivity (Wildman–Crippen MR) is 62.0 cm³/mol. The van der Waals surface area contributed by atoms with Crippen LogP contribution in [0.25, 0.3) is 0 Å². The van der Waals surface area contributed by atoms with Crippen LogP contribution in [0.1, 0.15) is 27.2 Å². The quantitative estimate of drug-likeness (QED) is 0.727. The van der Waals surface area contributed by atoms with E-state index in [-0.39, 0.29) is 0 Å². The first-order valence-electron chi connectivity index (χ1n) is 5.90. The Morgan fingerprint density at radius 2 is 2.25 bits per heavy atom. The maximum absolute atomic E-state index is 11.3. The van der Waals surface area contributed by atoms with Gasteiger partial charge in [-0.3, -0.25) is 4.90 Å². The van der Waals surface area contributed by atoms with E-state index in [2.05, 4.69) is 23.5 Å². The van der Waals surface area contributed by atoms with Crippen LogP contribution < -0.4 is 0 Å². The van der Waals surface area contributed by atoms with Crippen LogP contribution in [0.3, 0.4) is 0 Å². The molecule has 2 unspecified atom stereocenters. The van der Waals surface area contributed by atoms with E-state index in [0.717, 1.165) is 19.5 Å². The first kappa shape index (κ1) is 13.5. The Balaban J connectivity index is 2.47. The van der Waals surface area contributed by atoms with Gasteiger partial charge in [-0.15, -0.1) is 0 Å². The molecule has 0 aliphatic carbocycles. The first-order chi connectivity index (χ1) is 7.36. The minimum absolute atomic E-state index is 0.364. The summed E-state index contributed by atoms with van der Waals surface area (Å²) in [6.45, 7) is 8.23. The predicted octanol–water partition coefficient (Wildman–Crippen LogP) is 0.888. The van der Waals surface area contributed by atoms with E-state index in [1.54, 1.807) is 0 Å². The Morgan fingerprint density at radius 3 is 2.69 bits per heavy atom. The van der Waals surface area contributed by atoms with Gasteiger partial charge in [0, 0.05) is 13.1 Å². The van der Waals surface area contributed by atoms with Crippen molar-refractivity contribution in [2.24, 2.45) is 11.8 Å². The van der Waals surface area contributed by atoms with Crippen LogP contribution >= 0.6 is 0 Å². The van der Waals surface area contributed by atoms with Crippen LogP contribution in [0.4, 0.5) is 0 Å². The van der Waals surface area contributed by atoms with Crippen LogP contribution in [-0.4, -0.2) is 48.3 Å². The van der Waals surface area contributed by atoms with Gasteiger partial charge >= 0.3 is 5.97 Å². The Bertz CT molecular complexity index is 251. The van der Waals surface area contributed by atoms with E-state index in [4.69, 9.17) is 0 Å². The molecule has 16 heavy (non-hydrogen) atoms. The third kappa shape index (κ3) is 3.19. The SMILES string of the molecule is COC(=O)C(C)(O)CN1CCC(C(C)C)C1. The third-order valence-corrected chi connectivity index (χ3v) is 3.41. The number of esters is 1. The number of carbonyl (C=O) groups is 1. The number of methoxy groups -OCH3 is 1.